The molecule has 2 atom stereocenters. The minimum absolute atomic E-state index is 0.535. The number of piperidine rings is 1. The number of rotatable bonds is 4. The molecular weight excluding hydrogens is 202 g/mol. The topological polar surface area (TPSA) is 41.3 Å². The number of hydrogen-bond donors (Lipinski definition) is 1. The van der Waals surface area contributed by atoms with Gasteiger partial charge in [0.15, 0.2) is 0 Å². The van der Waals surface area contributed by atoms with Crippen LogP contribution in [0.15, 0.2) is 16.8 Å². The largest absolute Gasteiger partial charge is 0.360 e. The molecule has 0 bridgehead atoms. The van der Waals surface area contributed by atoms with Gasteiger partial charge < -0.3 is 14.7 Å². The summed E-state index contributed by atoms with van der Waals surface area (Å²) < 4.78 is 5.07. The minimum atomic E-state index is 0.535. The lowest BCUT2D eigenvalue weighted by atomic mass is 9.92. The lowest BCUT2D eigenvalue weighted by molar-refractivity contribution is 0.176. The van der Waals surface area contributed by atoms with Gasteiger partial charge in [-0.2, -0.15) is 0 Å². The predicted octanol–water partition coefficient (Wildman–Crippen LogP) is 1.49. The highest BCUT2D eigenvalue weighted by Gasteiger charge is 2.22. The van der Waals surface area contributed by atoms with E-state index in [1.54, 1.807) is 6.20 Å². The van der Waals surface area contributed by atoms with Gasteiger partial charge in [0, 0.05) is 18.7 Å². The number of hydrogen-bond acceptors (Lipinski definition) is 4. The van der Waals surface area contributed by atoms with E-state index in [1.807, 2.05) is 6.07 Å². The molecule has 1 aromatic rings. The fourth-order valence-electron chi connectivity index (χ4n) is 2.38. The number of aromatic nitrogens is 1. The van der Waals surface area contributed by atoms with Crippen molar-refractivity contribution in [3.05, 3.63) is 18.0 Å². The van der Waals surface area contributed by atoms with Crippen LogP contribution < -0.4 is 5.32 Å². The van der Waals surface area contributed by atoms with E-state index >= 15 is 0 Å². The van der Waals surface area contributed by atoms with Crippen LogP contribution in [0.5, 0.6) is 0 Å². The highest BCUT2D eigenvalue weighted by atomic mass is 16.5. The zero-order valence-corrected chi connectivity index (χ0v) is 10.1. The summed E-state index contributed by atoms with van der Waals surface area (Å²) in [6.07, 6.45) is 4.33. The van der Waals surface area contributed by atoms with E-state index in [0.717, 1.165) is 18.2 Å². The van der Waals surface area contributed by atoms with Crippen molar-refractivity contribution in [2.75, 3.05) is 20.1 Å². The quantitative estimate of drug-likeness (QED) is 0.839. The van der Waals surface area contributed by atoms with Crippen molar-refractivity contribution in [1.29, 1.82) is 0 Å². The Bertz CT molecular complexity index is 299. The van der Waals surface area contributed by atoms with E-state index < -0.39 is 0 Å². The first kappa shape index (κ1) is 11.6. The zero-order valence-electron chi connectivity index (χ0n) is 10.1. The Morgan fingerprint density at radius 3 is 3.25 bits per heavy atom. The molecule has 90 valence electrons. The third kappa shape index (κ3) is 3.06. The first-order valence-corrected chi connectivity index (χ1v) is 6.07. The maximum absolute atomic E-state index is 5.07. The Labute approximate surface area is 97.0 Å². The number of likely N-dealkylation sites (tertiary alicyclic amines) is 1. The summed E-state index contributed by atoms with van der Waals surface area (Å²) in [6, 6.07) is 2.44. The molecule has 4 heteroatoms. The van der Waals surface area contributed by atoms with E-state index in [0.29, 0.717) is 6.04 Å². The predicted molar refractivity (Wildman–Crippen MR) is 63.0 cm³/mol. The van der Waals surface area contributed by atoms with Crippen LogP contribution in [-0.4, -0.2) is 36.2 Å². The zero-order chi connectivity index (χ0) is 11.4. The molecule has 1 aromatic heterocycles. The molecule has 1 N–H and O–H groups in total. The minimum Gasteiger partial charge on any atom is -0.360 e. The average Bonchev–Trinajstić information content (AvgIpc) is 2.78. The number of nitrogens with one attached hydrogen (secondary N) is 1. The molecule has 1 fully saturated rings. The van der Waals surface area contributed by atoms with E-state index in [9.17, 15) is 0 Å². The summed E-state index contributed by atoms with van der Waals surface area (Å²) in [7, 11) is 2.20. The van der Waals surface area contributed by atoms with Crippen LogP contribution in [0.2, 0.25) is 0 Å². The van der Waals surface area contributed by atoms with Crippen molar-refractivity contribution in [3.8, 4) is 0 Å². The van der Waals surface area contributed by atoms with Crippen LogP contribution >= 0.6 is 0 Å². The second kappa shape index (κ2) is 5.46. The fraction of sp³-hybridized carbons (Fsp3) is 0.750. The molecule has 0 spiro atoms. The van der Waals surface area contributed by atoms with Crippen molar-refractivity contribution >= 4 is 0 Å². The Kier molecular flexibility index (Phi) is 3.96. The maximum atomic E-state index is 5.07. The highest BCUT2D eigenvalue weighted by molar-refractivity contribution is 4.93. The lowest BCUT2D eigenvalue weighted by Crippen LogP contribution is -2.42. The van der Waals surface area contributed by atoms with Gasteiger partial charge in [-0.05, 0) is 39.3 Å². The summed E-state index contributed by atoms with van der Waals surface area (Å²) in [4.78, 5) is 2.42. The van der Waals surface area contributed by atoms with Gasteiger partial charge in [0.05, 0.1) is 12.7 Å². The fourth-order valence-corrected chi connectivity index (χ4v) is 2.38. The standard InChI is InChI=1S/C12H21N3O/c1-10(11-4-3-7-15(2)9-11)13-8-12-5-6-14-16-12/h5-6,10-11,13H,3-4,7-9H2,1-2H3. The van der Waals surface area contributed by atoms with E-state index in [2.05, 4.69) is 29.3 Å². The summed E-state index contributed by atoms with van der Waals surface area (Å²) >= 11 is 0. The van der Waals surface area contributed by atoms with Crippen LogP contribution in [-0.2, 0) is 6.54 Å². The number of nitrogens with zero attached hydrogens (tertiary/aromatic N) is 2. The van der Waals surface area contributed by atoms with Crippen molar-refractivity contribution in [1.82, 2.24) is 15.4 Å². The van der Waals surface area contributed by atoms with Crippen LogP contribution in [0, 0.1) is 5.92 Å². The molecule has 1 aliphatic rings. The van der Waals surface area contributed by atoms with Gasteiger partial charge in [0.2, 0.25) is 0 Å². The SMILES string of the molecule is CC(NCc1ccno1)C1CCCN(C)C1. The van der Waals surface area contributed by atoms with Gasteiger partial charge in [0.1, 0.15) is 5.76 Å². The van der Waals surface area contributed by atoms with Crippen molar-refractivity contribution < 1.29 is 4.52 Å². The summed E-state index contributed by atoms with van der Waals surface area (Å²) in [5, 5.41) is 7.22. The first-order valence-electron chi connectivity index (χ1n) is 6.07. The normalized spacial score (nSPS) is 24.5. The average molecular weight is 223 g/mol. The van der Waals surface area contributed by atoms with Crippen LogP contribution in [0.1, 0.15) is 25.5 Å². The third-order valence-electron chi connectivity index (χ3n) is 3.46. The highest BCUT2D eigenvalue weighted by Crippen LogP contribution is 2.18. The Morgan fingerprint density at radius 2 is 2.56 bits per heavy atom. The second-order valence-corrected chi connectivity index (χ2v) is 4.81. The molecule has 0 saturated carbocycles. The lowest BCUT2D eigenvalue weighted by Gasteiger charge is -2.33. The maximum Gasteiger partial charge on any atom is 0.150 e. The van der Waals surface area contributed by atoms with Crippen molar-refractivity contribution in [2.24, 2.45) is 5.92 Å². The summed E-state index contributed by atoms with van der Waals surface area (Å²) in [5.41, 5.74) is 0. The molecule has 16 heavy (non-hydrogen) atoms. The molecular formula is C12H21N3O. The molecule has 2 unspecified atom stereocenters. The second-order valence-electron chi connectivity index (χ2n) is 4.81. The molecule has 0 amide bonds. The van der Waals surface area contributed by atoms with E-state index in [4.69, 9.17) is 4.52 Å². The monoisotopic (exact) mass is 223 g/mol. The van der Waals surface area contributed by atoms with Crippen LogP contribution in [0.25, 0.3) is 0 Å². The van der Waals surface area contributed by atoms with E-state index in [-0.39, 0.29) is 0 Å². The molecule has 4 nitrogen and oxygen atoms in total. The van der Waals surface area contributed by atoms with Crippen molar-refractivity contribution in [3.63, 3.8) is 0 Å². The van der Waals surface area contributed by atoms with Gasteiger partial charge in [-0.1, -0.05) is 5.16 Å². The molecule has 0 aliphatic carbocycles. The van der Waals surface area contributed by atoms with Gasteiger partial charge >= 0.3 is 0 Å². The van der Waals surface area contributed by atoms with Gasteiger partial charge in [0.25, 0.3) is 0 Å². The molecule has 1 aliphatic heterocycles. The molecule has 0 aromatic carbocycles. The molecule has 0 radical (unpaired) electrons. The molecule has 1 saturated heterocycles. The summed E-state index contributed by atoms with van der Waals surface area (Å²) in [5.74, 6) is 1.66. The Balaban J connectivity index is 1.76. The first-order chi connectivity index (χ1) is 7.75. The van der Waals surface area contributed by atoms with E-state index in [1.165, 1.54) is 25.9 Å². The Hall–Kier alpha value is -0.870. The third-order valence-corrected chi connectivity index (χ3v) is 3.46. The smallest absolute Gasteiger partial charge is 0.150 e. The summed E-state index contributed by atoms with van der Waals surface area (Å²) in [6.45, 7) is 5.48. The molecule has 2 rings (SSSR count). The van der Waals surface area contributed by atoms with Gasteiger partial charge in [-0.3, -0.25) is 0 Å². The van der Waals surface area contributed by atoms with Gasteiger partial charge in [-0.25, -0.2) is 0 Å². The molecule has 2 heterocycles. The van der Waals surface area contributed by atoms with Crippen LogP contribution in [0.4, 0.5) is 0 Å². The van der Waals surface area contributed by atoms with Crippen molar-refractivity contribution in [2.45, 2.75) is 32.4 Å². The van der Waals surface area contributed by atoms with Gasteiger partial charge in [-0.15, -0.1) is 0 Å². The van der Waals surface area contributed by atoms with Crippen LogP contribution in [0.3, 0.4) is 0 Å². The Morgan fingerprint density at radius 1 is 1.69 bits per heavy atom.